The first-order valence-electron chi connectivity index (χ1n) is 6.24. The topological polar surface area (TPSA) is 122 Å². The molecule has 1 amide bonds. The molecule has 0 spiro atoms. The predicted octanol–water partition coefficient (Wildman–Crippen LogP) is 0.535. The van der Waals surface area contributed by atoms with Gasteiger partial charge in [-0.15, -0.1) is 0 Å². The predicted molar refractivity (Wildman–Crippen MR) is 70.6 cm³/mol. The van der Waals surface area contributed by atoms with Crippen LogP contribution in [0.15, 0.2) is 18.2 Å². The lowest BCUT2D eigenvalue weighted by atomic mass is 10.1. The third-order valence-corrected chi connectivity index (χ3v) is 3.15. The second kappa shape index (κ2) is 5.89. The molecule has 1 aliphatic rings. The summed E-state index contributed by atoms with van der Waals surface area (Å²) in [5.41, 5.74) is 5.42. The van der Waals surface area contributed by atoms with Crippen LogP contribution >= 0.6 is 0 Å². The smallest absolute Gasteiger partial charge is 0.337 e. The third-order valence-electron chi connectivity index (χ3n) is 3.15. The molecule has 0 aliphatic carbocycles. The minimum atomic E-state index is -1.23. The minimum Gasteiger partial charge on any atom is -0.508 e. The van der Waals surface area contributed by atoms with Crippen LogP contribution in [0, 0.1) is 0 Å². The Bertz CT molecular complexity index is 531. The molecule has 1 aliphatic heterocycles. The maximum absolute atomic E-state index is 12.0. The van der Waals surface area contributed by atoms with Gasteiger partial charge in [-0.1, -0.05) is 0 Å². The zero-order chi connectivity index (χ0) is 14.7. The number of carboxylic acid groups (broad SMARTS) is 1. The number of hydrogen-bond acceptors (Lipinski definition) is 5. The van der Waals surface area contributed by atoms with E-state index in [1.54, 1.807) is 0 Å². The summed E-state index contributed by atoms with van der Waals surface area (Å²) in [7, 11) is 0. The van der Waals surface area contributed by atoms with E-state index in [2.05, 4.69) is 5.32 Å². The molecule has 1 fully saturated rings. The normalized spacial score (nSPS) is 21.6. The number of benzene rings is 1. The number of nitrogens with one attached hydrogen (secondary N) is 1. The van der Waals surface area contributed by atoms with Gasteiger partial charge in [0, 0.05) is 6.54 Å². The van der Waals surface area contributed by atoms with E-state index in [-0.39, 0.29) is 23.1 Å². The Hall–Kier alpha value is -2.12. The average molecular weight is 280 g/mol. The van der Waals surface area contributed by atoms with E-state index >= 15 is 0 Å². The molecule has 1 saturated heterocycles. The molecule has 2 unspecified atom stereocenters. The zero-order valence-corrected chi connectivity index (χ0v) is 10.7. The summed E-state index contributed by atoms with van der Waals surface area (Å²) in [5, 5.41) is 20.8. The quantitative estimate of drug-likeness (QED) is 0.597. The highest BCUT2D eigenvalue weighted by molar-refractivity contribution is 6.02. The Balaban J connectivity index is 2.10. The molecular weight excluding hydrogens is 264 g/mol. The fourth-order valence-corrected chi connectivity index (χ4v) is 2.10. The Morgan fingerprint density at radius 2 is 2.15 bits per heavy atom. The molecule has 0 radical (unpaired) electrons. The van der Waals surface area contributed by atoms with E-state index in [9.17, 15) is 14.7 Å². The Labute approximate surface area is 115 Å². The summed E-state index contributed by atoms with van der Waals surface area (Å²) in [4.78, 5) is 23.1. The van der Waals surface area contributed by atoms with Crippen LogP contribution in [0.25, 0.3) is 0 Å². The second-order valence-electron chi connectivity index (χ2n) is 4.58. The number of phenols is 1. The molecule has 5 N–H and O–H groups in total. The number of amides is 1. The first kappa shape index (κ1) is 14.3. The van der Waals surface area contributed by atoms with Crippen LogP contribution in [0.5, 0.6) is 5.75 Å². The highest BCUT2D eigenvalue weighted by atomic mass is 16.5. The van der Waals surface area contributed by atoms with Crippen LogP contribution < -0.4 is 11.1 Å². The van der Waals surface area contributed by atoms with Crippen LogP contribution in [-0.2, 0) is 9.53 Å². The van der Waals surface area contributed by atoms with Crippen molar-refractivity contribution in [3.05, 3.63) is 23.8 Å². The highest BCUT2D eigenvalue weighted by Crippen LogP contribution is 2.24. The molecule has 0 bridgehead atoms. The second-order valence-corrected chi connectivity index (χ2v) is 4.58. The molecule has 1 heterocycles. The van der Waals surface area contributed by atoms with E-state index in [1.165, 1.54) is 12.1 Å². The van der Waals surface area contributed by atoms with Gasteiger partial charge in [0.25, 0.3) is 5.91 Å². The number of nitrogens with two attached hydrogens (primary N) is 1. The van der Waals surface area contributed by atoms with Gasteiger partial charge in [0.2, 0.25) is 0 Å². The van der Waals surface area contributed by atoms with E-state index in [0.717, 1.165) is 6.07 Å². The average Bonchev–Trinajstić information content (AvgIpc) is 2.89. The van der Waals surface area contributed by atoms with Crippen molar-refractivity contribution < 1.29 is 24.5 Å². The van der Waals surface area contributed by atoms with Gasteiger partial charge in [0.05, 0.1) is 17.4 Å². The Morgan fingerprint density at radius 1 is 1.40 bits per heavy atom. The van der Waals surface area contributed by atoms with Gasteiger partial charge in [-0.2, -0.15) is 0 Å². The summed E-state index contributed by atoms with van der Waals surface area (Å²) in [6.07, 6.45) is 0.493. The molecule has 0 saturated carbocycles. The third kappa shape index (κ3) is 3.06. The summed E-state index contributed by atoms with van der Waals surface area (Å²) >= 11 is 0. The Morgan fingerprint density at radius 3 is 2.75 bits per heavy atom. The molecule has 0 aromatic heterocycles. The lowest BCUT2D eigenvalue weighted by Gasteiger charge is -2.14. The molecular formula is C13H16N2O5. The van der Waals surface area contributed by atoms with Crippen molar-refractivity contribution in [2.24, 2.45) is 5.73 Å². The van der Waals surface area contributed by atoms with E-state index in [1.807, 2.05) is 0 Å². The lowest BCUT2D eigenvalue weighted by Crippen LogP contribution is -2.30. The van der Waals surface area contributed by atoms with Gasteiger partial charge in [0.15, 0.2) is 0 Å². The largest absolute Gasteiger partial charge is 0.508 e. The standard InChI is InChI=1S/C13H16N2O5/c14-6-8-2-4-11(20-8)12(17)15-10-3-1-7(16)5-9(10)13(18)19/h1,3,5,8,11,16H,2,4,6,14H2,(H,15,17)(H,18,19). The number of carboxylic acids is 1. The van der Waals surface area contributed by atoms with Gasteiger partial charge in [-0.25, -0.2) is 4.79 Å². The summed E-state index contributed by atoms with van der Waals surface area (Å²) < 4.78 is 5.43. The number of ether oxygens (including phenoxy) is 1. The zero-order valence-electron chi connectivity index (χ0n) is 10.7. The first-order chi connectivity index (χ1) is 9.51. The van der Waals surface area contributed by atoms with Crippen molar-refractivity contribution in [2.45, 2.75) is 25.0 Å². The lowest BCUT2D eigenvalue weighted by molar-refractivity contribution is -0.126. The van der Waals surface area contributed by atoms with Gasteiger partial charge < -0.3 is 26.0 Å². The number of carbonyl (C=O) groups is 2. The number of aromatic hydroxyl groups is 1. The number of phenolic OH excluding ortho intramolecular Hbond substituents is 1. The highest BCUT2D eigenvalue weighted by Gasteiger charge is 2.30. The number of aromatic carboxylic acids is 1. The van der Waals surface area contributed by atoms with Gasteiger partial charge in [-0.05, 0) is 31.0 Å². The van der Waals surface area contributed by atoms with Crippen LogP contribution in [-0.4, -0.2) is 40.8 Å². The Kier molecular flexibility index (Phi) is 4.21. The molecule has 2 rings (SSSR count). The SMILES string of the molecule is NCC1CCC(C(=O)Nc2ccc(O)cc2C(=O)O)O1. The number of anilines is 1. The number of rotatable bonds is 4. The van der Waals surface area contributed by atoms with Crippen molar-refractivity contribution in [2.75, 3.05) is 11.9 Å². The van der Waals surface area contributed by atoms with Crippen LogP contribution in [0.4, 0.5) is 5.69 Å². The molecule has 7 heteroatoms. The van der Waals surface area contributed by atoms with Crippen LogP contribution in [0.1, 0.15) is 23.2 Å². The van der Waals surface area contributed by atoms with E-state index in [0.29, 0.717) is 19.4 Å². The minimum absolute atomic E-state index is 0.125. The molecule has 2 atom stereocenters. The number of carbonyl (C=O) groups excluding carboxylic acids is 1. The number of hydrogen-bond donors (Lipinski definition) is 4. The summed E-state index contributed by atoms with van der Waals surface area (Å²) in [5.74, 6) is -1.82. The first-order valence-corrected chi connectivity index (χ1v) is 6.24. The molecule has 108 valence electrons. The van der Waals surface area contributed by atoms with Gasteiger partial charge >= 0.3 is 5.97 Å². The monoisotopic (exact) mass is 280 g/mol. The summed E-state index contributed by atoms with van der Waals surface area (Å²) in [6.45, 7) is 0.351. The molecule has 20 heavy (non-hydrogen) atoms. The molecule has 1 aromatic rings. The van der Waals surface area contributed by atoms with E-state index < -0.39 is 18.0 Å². The van der Waals surface area contributed by atoms with Gasteiger partial charge in [0.1, 0.15) is 11.9 Å². The molecule has 1 aromatic carbocycles. The van der Waals surface area contributed by atoms with Crippen molar-refractivity contribution in [3.63, 3.8) is 0 Å². The van der Waals surface area contributed by atoms with Crippen LogP contribution in [0.3, 0.4) is 0 Å². The van der Waals surface area contributed by atoms with Gasteiger partial charge in [-0.3, -0.25) is 4.79 Å². The summed E-state index contributed by atoms with van der Waals surface area (Å²) in [6, 6.07) is 3.72. The van der Waals surface area contributed by atoms with Crippen LogP contribution in [0.2, 0.25) is 0 Å². The molecule has 7 nitrogen and oxygen atoms in total. The fraction of sp³-hybridized carbons (Fsp3) is 0.385. The van der Waals surface area contributed by atoms with Crippen molar-refractivity contribution >= 4 is 17.6 Å². The van der Waals surface area contributed by atoms with Crippen molar-refractivity contribution in [1.82, 2.24) is 0 Å². The maximum atomic E-state index is 12.0. The maximum Gasteiger partial charge on any atom is 0.337 e. The van der Waals surface area contributed by atoms with E-state index in [4.69, 9.17) is 15.6 Å². The van der Waals surface area contributed by atoms with Crippen molar-refractivity contribution in [3.8, 4) is 5.75 Å². The van der Waals surface area contributed by atoms with Crippen molar-refractivity contribution in [1.29, 1.82) is 0 Å². The fourth-order valence-electron chi connectivity index (χ4n) is 2.10.